The van der Waals surface area contributed by atoms with Crippen molar-refractivity contribution in [3.8, 4) is 34.1 Å². The molecule has 4 nitrogen and oxygen atoms in total. The first-order chi connectivity index (χ1) is 8.43. The number of hydrogen-bond donors (Lipinski definition) is 4. The van der Waals surface area contributed by atoms with Crippen LogP contribution in [-0.4, -0.2) is 20.4 Å². The Bertz CT molecular complexity index is 606. The molecular formula is C12H8F2O4. The maximum atomic E-state index is 13.3. The first-order valence-corrected chi connectivity index (χ1v) is 4.84. The summed E-state index contributed by atoms with van der Waals surface area (Å²) in [7, 11) is 0. The first-order valence-electron chi connectivity index (χ1n) is 4.84. The predicted octanol–water partition coefficient (Wildman–Crippen LogP) is 2.45. The first kappa shape index (κ1) is 12.0. The Balaban J connectivity index is 2.80. The minimum Gasteiger partial charge on any atom is -0.507 e. The highest BCUT2D eigenvalue weighted by Crippen LogP contribution is 2.44. The fraction of sp³-hybridized carbons (Fsp3) is 0. The van der Waals surface area contributed by atoms with Crippen molar-refractivity contribution in [2.75, 3.05) is 0 Å². The molecule has 0 saturated heterocycles. The molecule has 0 aliphatic carbocycles. The molecule has 0 spiro atoms. The fourth-order valence-electron chi connectivity index (χ4n) is 1.60. The van der Waals surface area contributed by atoms with Gasteiger partial charge in [-0.3, -0.25) is 0 Å². The fourth-order valence-corrected chi connectivity index (χ4v) is 1.60. The molecule has 0 bridgehead atoms. The summed E-state index contributed by atoms with van der Waals surface area (Å²) in [6, 6.07) is 4.41. The van der Waals surface area contributed by atoms with Gasteiger partial charge in [0.2, 0.25) is 11.6 Å². The highest BCUT2D eigenvalue weighted by molar-refractivity contribution is 5.81. The summed E-state index contributed by atoms with van der Waals surface area (Å²) in [5.41, 5.74) is -0.716. The molecule has 2 aromatic rings. The van der Waals surface area contributed by atoms with E-state index in [0.717, 1.165) is 0 Å². The molecule has 0 unspecified atom stereocenters. The van der Waals surface area contributed by atoms with Gasteiger partial charge in [-0.2, -0.15) is 8.78 Å². The molecule has 2 rings (SSSR count). The monoisotopic (exact) mass is 254 g/mol. The summed E-state index contributed by atoms with van der Waals surface area (Å²) < 4.78 is 26.2. The zero-order chi connectivity index (χ0) is 13.4. The number of rotatable bonds is 1. The minimum atomic E-state index is -1.66. The van der Waals surface area contributed by atoms with Crippen molar-refractivity contribution < 1.29 is 29.2 Å². The van der Waals surface area contributed by atoms with Crippen LogP contribution in [0.3, 0.4) is 0 Å². The lowest BCUT2D eigenvalue weighted by molar-refractivity contribution is 0.375. The normalized spacial score (nSPS) is 10.6. The minimum absolute atomic E-state index is 0.302. The van der Waals surface area contributed by atoms with Gasteiger partial charge in [0, 0.05) is 5.56 Å². The Hall–Kier alpha value is -2.50. The third kappa shape index (κ3) is 1.67. The average Bonchev–Trinajstić information content (AvgIpc) is 2.32. The van der Waals surface area contributed by atoms with Crippen LogP contribution >= 0.6 is 0 Å². The van der Waals surface area contributed by atoms with Crippen LogP contribution in [0.2, 0.25) is 0 Å². The van der Waals surface area contributed by atoms with E-state index in [4.69, 9.17) is 5.11 Å². The van der Waals surface area contributed by atoms with E-state index in [1.165, 1.54) is 18.2 Å². The lowest BCUT2D eigenvalue weighted by Gasteiger charge is -2.11. The summed E-state index contributed by atoms with van der Waals surface area (Å²) in [6.07, 6.45) is 0. The van der Waals surface area contributed by atoms with Gasteiger partial charge in [-0.15, -0.1) is 0 Å². The van der Waals surface area contributed by atoms with Gasteiger partial charge in [-0.05, 0) is 18.2 Å². The topological polar surface area (TPSA) is 80.9 Å². The van der Waals surface area contributed by atoms with Gasteiger partial charge in [0.1, 0.15) is 11.5 Å². The van der Waals surface area contributed by atoms with Crippen molar-refractivity contribution >= 4 is 0 Å². The number of hydrogen-bond acceptors (Lipinski definition) is 4. The van der Waals surface area contributed by atoms with Gasteiger partial charge in [-0.1, -0.05) is 6.07 Å². The van der Waals surface area contributed by atoms with Crippen molar-refractivity contribution in [1.29, 1.82) is 0 Å². The third-order valence-electron chi connectivity index (χ3n) is 2.45. The van der Waals surface area contributed by atoms with Crippen LogP contribution in [0.25, 0.3) is 11.1 Å². The third-order valence-corrected chi connectivity index (χ3v) is 2.45. The van der Waals surface area contributed by atoms with Crippen LogP contribution in [0.4, 0.5) is 8.78 Å². The quantitative estimate of drug-likeness (QED) is 0.589. The molecule has 0 aliphatic rings. The molecule has 94 valence electrons. The van der Waals surface area contributed by atoms with Crippen molar-refractivity contribution in [3.05, 3.63) is 35.9 Å². The molecule has 0 radical (unpaired) electrons. The summed E-state index contributed by atoms with van der Waals surface area (Å²) in [5.74, 6) is -6.31. The summed E-state index contributed by atoms with van der Waals surface area (Å²) in [5, 5.41) is 37.7. The van der Waals surface area contributed by atoms with Gasteiger partial charge >= 0.3 is 0 Å². The van der Waals surface area contributed by atoms with Crippen LogP contribution in [0.15, 0.2) is 24.3 Å². The van der Waals surface area contributed by atoms with Crippen molar-refractivity contribution in [2.45, 2.75) is 0 Å². The predicted molar refractivity (Wildman–Crippen MR) is 58.5 cm³/mol. The Morgan fingerprint density at radius 2 is 1.33 bits per heavy atom. The van der Waals surface area contributed by atoms with E-state index in [-0.39, 0.29) is 5.56 Å². The standard InChI is InChI=1S/C12H8F2O4/c13-10-8(17)4-5(12(18)11(10)14)9-6(15)2-1-3-7(9)16/h1-4,15-18H. The van der Waals surface area contributed by atoms with Crippen LogP contribution in [0, 0.1) is 11.6 Å². The van der Waals surface area contributed by atoms with Gasteiger partial charge in [0.05, 0.1) is 5.56 Å². The van der Waals surface area contributed by atoms with Gasteiger partial charge < -0.3 is 20.4 Å². The summed E-state index contributed by atoms with van der Waals surface area (Å²) in [6.45, 7) is 0. The van der Waals surface area contributed by atoms with E-state index < -0.39 is 40.2 Å². The van der Waals surface area contributed by atoms with Crippen LogP contribution in [0.5, 0.6) is 23.0 Å². The molecule has 18 heavy (non-hydrogen) atoms. The Kier molecular flexibility index (Phi) is 2.70. The molecule has 0 atom stereocenters. The van der Waals surface area contributed by atoms with Crippen LogP contribution < -0.4 is 0 Å². The van der Waals surface area contributed by atoms with Gasteiger partial charge in [0.15, 0.2) is 11.5 Å². The van der Waals surface area contributed by atoms with Crippen molar-refractivity contribution in [3.63, 3.8) is 0 Å². The smallest absolute Gasteiger partial charge is 0.204 e. The summed E-state index contributed by atoms with van der Waals surface area (Å²) >= 11 is 0. The Morgan fingerprint density at radius 3 is 1.89 bits per heavy atom. The highest BCUT2D eigenvalue weighted by atomic mass is 19.2. The molecule has 0 aromatic heterocycles. The molecule has 0 aliphatic heterocycles. The van der Waals surface area contributed by atoms with E-state index >= 15 is 0 Å². The maximum Gasteiger partial charge on any atom is 0.204 e. The lowest BCUT2D eigenvalue weighted by atomic mass is 10.0. The molecule has 0 saturated carbocycles. The molecular weight excluding hydrogens is 246 g/mol. The van der Waals surface area contributed by atoms with E-state index in [0.29, 0.717) is 6.07 Å². The number of phenols is 4. The molecule has 6 heteroatoms. The average molecular weight is 254 g/mol. The zero-order valence-electron chi connectivity index (χ0n) is 8.85. The molecule has 0 fully saturated rings. The number of aromatic hydroxyl groups is 4. The van der Waals surface area contributed by atoms with Crippen LogP contribution in [0.1, 0.15) is 0 Å². The maximum absolute atomic E-state index is 13.3. The molecule has 0 amide bonds. The number of phenolic OH excluding ortho intramolecular Hbond substituents is 4. The van der Waals surface area contributed by atoms with E-state index in [1.54, 1.807) is 0 Å². The Labute approximate surface area is 100.0 Å². The van der Waals surface area contributed by atoms with Crippen molar-refractivity contribution in [1.82, 2.24) is 0 Å². The second-order valence-electron chi connectivity index (χ2n) is 3.59. The van der Waals surface area contributed by atoms with Crippen LogP contribution in [-0.2, 0) is 0 Å². The second kappa shape index (κ2) is 4.06. The zero-order valence-corrected chi connectivity index (χ0v) is 8.85. The lowest BCUT2D eigenvalue weighted by Crippen LogP contribution is -1.90. The molecule has 2 aromatic carbocycles. The largest absolute Gasteiger partial charge is 0.507 e. The SMILES string of the molecule is Oc1cc(-c2c(O)cccc2O)c(O)c(F)c1F. The number of benzene rings is 2. The molecule has 0 heterocycles. The van der Waals surface area contributed by atoms with Gasteiger partial charge in [0.25, 0.3) is 0 Å². The Morgan fingerprint density at radius 1 is 0.778 bits per heavy atom. The highest BCUT2D eigenvalue weighted by Gasteiger charge is 2.22. The second-order valence-corrected chi connectivity index (χ2v) is 3.59. The van der Waals surface area contributed by atoms with E-state index in [2.05, 4.69) is 0 Å². The summed E-state index contributed by atoms with van der Waals surface area (Å²) in [4.78, 5) is 0. The van der Waals surface area contributed by atoms with E-state index in [9.17, 15) is 24.1 Å². The molecule has 4 N–H and O–H groups in total. The number of halogens is 2. The van der Waals surface area contributed by atoms with Gasteiger partial charge in [-0.25, -0.2) is 0 Å². The van der Waals surface area contributed by atoms with Crippen molar-refractivity contribution in [2.24, 2.45) is 0 Å². The van der Waals surface area contributed by atoms with E-state index in [1.807, 2.05) is 0 Å².